The molecule has 0 fully saturated rings. The average molecular weight is 306 g/mol. The molecule has 4 nitrogen and oxygen atoms in total. The van der Waals surface area contributed by atoms with E-state index in [1.54, 1.807) is 19.1 Å². The van der Waals surface area contributed by atoms with E-state index < -0.39 is 11.8 Å². The molecule has 0 bridgehead atoms. The van der Waals surface area contributed by atoms with E-state index in [4.69, 9.17) is 9.47 Å². The third kappa shape index (κ3) is 2.11. The standard InChI is InChI=1S/C19H14O4/c1-19(14-10-9-12-5-2-3-6-13(12)11-14)22-16-8-4-7-15(18(20)21)17(16)23-19/h2-11H,1H3,(H,20,21)/t19-/m1/s1. The summed E-state index contributed by atoms with van der Waals surface area (Å²) in [5.41, 5.74) is 0.941. The number of rotatable bonds is 2. The fourth-order valence-corrected chi connectivity index (χ4v) is 2.88. The van der Waals surface area contributed by atoms with Crippen LogP contribution in [0.25, 0.3) is 10.8 Å². The molecule has 1 N–H and O–H groups in total. The number of benzene rings is 3. The Morgan fingerprint density at radius 3 is 2.52 bits per heavy atom. The number of carboxylic acids is 1. The molecule has 0 unspecified atom stereocenters. The zero-order chi connectivity index (χ0) is 16.0. The summed E-state index contributed by atoms with van der Waals surface area (Å²) in [6.07, 6.45) is 0. The van der Waals surface area contributed by atoms with E-state index in [9.17, 15) is 9.90 Å². The molecule has 1 aliphatic rings. The highest BCUT2D eigenvalue weighted by Crippen LogP contribution is 2.46. The second-order valence-corrected chi connectivity index (χ2v) is 5.65. The second kappa shape index (κ2) is 4.74. The zero-order valence-electron chi connectivity index (χ0n) is 12.4. The Balaban J connectivity index is 1.80. The Bertz CT molecular complexity index is 932. The summed E-state index contributed by atoms with van der Waals surface area (Å²) in [6, 6.07) is 18.8. The molecular weight excluding hydrogens is 292 g/mol. The van der Waals surface area contributed by atoms with Crippen LogP contribution in [-0.2, 0) is 5.79 Å². The molecule has 114 valence electrons. The van der Waals surface area contributed by atoms with E-state index in [0.717, 1.165) is 16.3 Å². The molecule has 0 aromatic heterocycles. The molecule has 1 atom stereocenters. The van der Waals surface area contributed by atoms with Crippen molar-refractivity contribution in [2.24, 2.45) is 0 Å². The van der Waals surface area contributed by atoms with Crippen molar-refractivity contribution < 1.29 is 19.4 Å². The SMILES string of the molecule is C[C@@]1(c2ccc3ccccc3c2)Oc2cccc(C(=O)O)c2O1. The number of hydrogen-bond donors (Lipinski definition) is 1. The Morgan fingerprint density at radius 1 is 0.957 bits per heavy atom. The summed E-state index contributed by atoms with van der Waals surface area (Å²) in [7, 11) is 0. The summed E-state index contributed by atoms with van der Waals surface area (Å²) in [5.74, 6) is -1.36. The first kappa shape index (κ1) is 13.6. The summed E-state index contributed by atoms with van der Waals surface area (Å²) in [5, 5.41) is 11.5. The smallest absolute Gasteiger partial charge is 0.339 e. The predicted octanol–water partition coefficient (Wildman–Crippen LogP) is 4.18. The maximum absolute atomic E-state index is 11.3. The van der Waals surface area contributed by atoms with Gasteiger partial charge in [-0.05, 0) is 29.0 Å². The largest absolute Gasteiger partial charge is 0.478 e. The lowest BCUT2D eigenvalue weighted by Crippen LogP contribution is -2.31. The van der Waals surface area contributed by atoms with Crippen molar-refractivity contribution in [3.63, 3.8) is 0 Å². The zero-order valence-corrected chi connectivity index (χ0v) is 12.4. The van der Waals surface area contributed by atoms with Crippen LogP contribution < -0.4 is 9.47 Å². The average Bonchev–Trinajstić information content (AvgIpc) is 2.91. The number of ether oxygens (including phenoxy) is 2. The van der Waals surface area contributed by atoms with Gasteiger partial charge in [-0.1, -0.05) is 42.5 Å². The number of hydrogen-bond acceptors (Lipinski definition) is 3. The van der Waals surface area contributed by atoms with Gasteiger partial charge in [-0.15, -0.1) is 0 Å². The van der Waals surface area contributed by atoms with Crippen molar-refractivity contribution in [2.45, 2.75) is 12.7 Å². The molecule has 23 heavy (non-hydrogen) atoms. The van der Waals surface area contributed by atoms with Crippen LogP contribution in [-0.4, -0.2) is 11.1 Å². The minimum Gasteiger partial charge on any atom is -0.478 e. The van der Waals surface area contributed by atoms with Gasteiger partial charge in [0.05, 0.1) is 0 Å². The van der Waals surface area contributed by atoms with Gasteiger partial charge in [0.2, 0.25) is 0 Å². The minimum atomic E-state index is -1.04. The molecule has 0 saturated heterocycles. The molecular formula is C19H14O4. The van der Waals surface area contributed by atoms with Gasteiger partial charge in [-0.3, -0.25) is 0 Å². The third-order valence-corrected chi connectivity index (χ3v) is 4.08. The van der Waals surface area contributed by atoms with Crippen molar-refractivity contribution in [1.29, 1.82) is 0 Å². The van der Waals surface area contributed by atoms with E-state index in [-0.39, 0.29) is 11.3 Å². The van der Waals surface area contributed by atoms with Crippen molar-refractivity contribution in [2.75, 3.05) is 0 Å². The molecule has 4 rings (SSSR count). The normalized spacial score (nSPS) is 19.0. The van der Waals surface area contributed by atoms with Crippen LogP contribution in [0.15, 0.2) is 60.7 Å². The number of carbonyl (C=O) groups is 1. The van der Waals surface area contributed by atoms with E-state index in [1.165, 1.54) is 6.07 Å². The first-order valence-corrected chi connectivity index (χ1v) is 7.30. The third-order valence-electron chi connectivity index (χ3n) is 4.08. The van der Waals surface area contributed by atoms with Gasteiger partial charge < -0.3 is 14.6 Å². The van der Waals surface area contributed by atoms with Crippen LogP contribution in [0.1, 0.15) is 22.8 Å². The highest BCUT2D eigenvalue weighted by Gasteiger charge is 2.40. The van der Waals surface area contributed by atoms with Crippen molar-refractivity contribution in [3.05, 3.63) is 71.8 Å². The number of aromatic carboxylic acids is 1. The number of carboxylic acid groups (broad SMARTS) is 1. The first-order valence-electron chi connectivity index (χ1n) is 7.30. The highest BCUT2D eigenvalue weighted by molar-refractivity contribution is 5.92. The molecule has 0 spiro atoms. The molecule has 3 aromatic rings. The van der Waals surface area contributed by atoms with Gasteiger partial charge in [0.25, 0.3) is 5.79 Å². The quantitative estimate of drug-likeness (QED) is 0.771. The lowest BCUT2D eigenvalue weighted by Gasteiger charge is -2.24. The maximum Gasteiger partial charge on any atom is 0.339 e. The number of fused-ring (bicyclic) bond motifs is 2. The van der Waals surface area contributed by atoms with Gasteiger partial charge in [-0.25, -0.2) is 4.79 Å². The van der Waals surface area contributed by atoms with E-state index >= 15 is 0 Å². The van der Waals surface area contributed by atoms with Gasteiger partial charge in [-0.2, -0.15) is 0 Å². The van der Waals surface area contributed by atoms with Crippen LogP contribution in [0, 0.1) is 0 Å². The van der Waals surface area contributed by atoms with Crippen molar-refractivity contribution in [1.82, 2.24) is 0 Å². The van der Waals surface area contributed by atoms with E-state index in [1.807, 2.05) is 42.5 Å². The van der Waals surface area contributed by atoms with Crippen LogP contribution in [0.3, 0.4) is 0 Å². The molecule has 0 radical (unpaired) electrons. The molecule has 1 heterocycles. The summed E-state index contributed by atoms with van der Waals surface area (Å²) < 4.78 is 11.9. The molecule has 0 saturated carbocycles. The van der Waals surface area contributed by atoms with Crippen LogP contribution in [0.2, 0.25) is 0 Å². The van der Waals surface area contributed by atoms with Crippen LogP contribution >= 0.6 is 0 Å². The Labute approximate surface area is 132 Å². The van der Waals surface area contributed by atoms with E-state index in [0.29, 0.717) is 5.75 Å². The summed E-state index contributed by atoms with van der Waals surface area (Å²) in [6.45, 7) is 1.79. The van der Waals surface area contributed by atoms with Crippen molar-refractivity contribution >= 4 is 16.7 Å². The van der Waals surface area contributed by atoms with Crippen LogP contribution in [0.5, 0.6) is 11.5 Å². The second-order valence-electron chi connectivity index (χ2n) is 5.65. The Morgan fingerprint density at radius 2 is 1.74 bits per heavy atom. The van der Waals surface area contributed by atoms with E-state index in [2.05, 4.69) is 0 Å². The molecule has 0 aliphatic carbocycles. The fraction of sp³-hybridized carbons (Fsp3) is 0.105. The monoisotopic (exact) mass is 306 g/mol. The fourth-order valence-electron chi connectivity index (χ4n) is 2.88. The molecule has 4 heteroatoms. The van der Waals surface area contributed by atoms with Crippen molar-refractivity contribution in [3.8, 4) is 11.5 Å². The number of para-hydroxylation sites is 1. The summed E-state index contributed by atoms with van der Waals surface area (Å²) in [4.78, 5) is 11.3. The molecule has 1 aliphatic heterocycles. The first-order chi connectivity index (χ1) is 11.1. The van der Waals surface area contributed by atoms with Gasteiger partial charge in [0.15, 0.2) is 11.5 Å². The molecule has 0 amide bonds. The highest BCUT2D eigenvalue weighted by atomic mass is 16.7. The van der Waals surface area contributed by atoms with Gasteiger partial charge in [0.1, 0.15) is 5.56 Å². The predicted molar refractivity (Wildman–Crippen MR) is 86.0 cm³/mol. The van der Waals surface area contributed by atoms with Crippen LogP contribution in [0.4, 0.5) is 0 Å². The lowest BCUT2D eigenvalue weighted by atomic mass is 10.0. The Kier molecular flexibility index (Phi) is 2.81. The maximum atomic E-state index is 11.3. The minimum absolute atomic E-state index is 0.104. The van der Waals surface area contributed by atoms with Gasteiger partial charge in [0, 0.05) is 12.5 Å². The summed E-state index contributed by atoms with van der Waals surface area (Å²) >= 11 is 0. The molecule has 3 aromatic carbocycles. The topological polar surface area (TPSA) is 55.8 Å². The lowest BCUT2D eigenvalue weighted by molar-refractivity contribution is -0.0681. The van der Waals surface area contributed by atoms with Gasteiger partial charge >= 0.3 is 5.97 Å². The Hall–Kier alpha value is -3.01.